The molecule has 0 unspecified atom stereocenters. The standard InChI is InChI=1S/C13H30N2O/c1-7-12(8-2)15(9-10-16-6)11-13(3,4)14-5/h12,14H,7-11H2,1-6H3. The highest BCUT2D eigenvalue weighted by Gasteiger charge is 2.23. The van der Waals surface area contributed by atoms with Gasteiger partial charge in [0.05, 0.1) is 6.61 Å². The minimum absolute atomic E-state index is 0.163. The first kappa shape index (κ1) is 15.9. The fourth-order valence-electron chi connectivity index (χ4n) is 1.99. The molecule has 0 spiro atoms. The van der Waals surface area contributed by atoms with Crippen LogP contribution in [-0.4, -0.2) is 50.3 Å². The summed E-state index contributed by atoms with van der Waals surface area (Å²) in [4.78, 5) is 2.54. The van der Waals surface area contributed by atoms with E-state index in [1.54, 1.807) is 7.11 Å². The average Bonchev–Trinajstić information content (AvgIpc) is 2.27. The van der Waals surface area contributed by atoms with Crippen molar-refractivity contribution in [3.05, 3.63) is 0 Å². The van der Waals surface area contributed by atoms with E-state index in [0.29, 0.717) is 6.04 Å². The van der Waals surface area contributed by atoms with Crippen molar-refractivity contribution in [1.29, 1.82) is 0 Å². The van der Waals surface area contributed by atoms with Crippen molar-refractivity contribution >= 4 is 0 Å². The van der Waals surface area contributed by atoms with Crippen LogP contribution in [0.15, 0.2) is 0 Å². The van der Waals surface area contributed by atoms with E-state index in [-0.39, 0.29) is 5.54 Å². The molecule has 0 aliphatic rings. The van der Waals surface area contributed by atoms with Gasteiger partial charge in [0.15, 0.2) is 0 Å². The molecule has 98 valence electrons. The van der Waals surface area contributed by atoms with Crippen molar-refractivity contribution < 1.29 is 4.74 Å². The van der Waals surface area contributed by atoms with E-state index in [1.807, 2.05) is 7.05 Å². The van der Waals surface area contributed by atoms with Crippen LogP contribution in [-0.2, 0) is 4.74 Å². The third kappa shape index (κ3) is 5.83. The molecular weight excluding hydrogens is 200 g/mol. The van der Waals surface area contributed by atoms with Crippen molar-refractivity contribution in [2.45, 2.75) is 52.1 Å². The maximum absolute atomic E-state index is 5.20. The monoisotopic (exact) mass is 230 g/mol. The van der Waals surface area contributed by atoms with Crippen molar-refractivity contribution in [3.63, 3.8) is 0 Å². The molecule has 0 aromatic heterocycles. The smallest absolute Gasteiger partial charge is 0.0589 e. The molecule has 0 aromatic carbocycles. The molecule has 0 bridgehead atoms. The predicted octanol–water partition coefficient (Wildman–Crippen LogP) is 2.12. The topological polar surface area (TPSA) is 24.5 Å². The molecule has 3 heteroatoms. The number of nitrogens with one attached hydrogen (secondary N) is 1. The Balaban J connectivity index is 4.40. The van der Waals surface area contributed by atoms with E-state index in [0.717, 1.165) is 19.7 Å². The van der Waals surface area contributed by atoms with Crippen LogP contribution in [0.3, 0.4) is 0 Å². The normalized spacial score (nSPS) is 12.8. The van der Waals surface area contributed by atoms with Crippen LogP contribution < -0.4 is 5.32 Å². The molecule has 0 aliphatic carbocycles. The number of hydrogen-bond acceptors (Lipinski definition) is 3. The van der Waals surface area contributed by atoms with Gasteiger partial charge in [-0.15, -0.1) is 0 Å². The van der Waals surface area contributed by atoms with Crippen LogP contribution in [0.5, 0.6) is 0 Å². The van der Waals surface area contributed by atoms with Gasteiger partial charge < -0.3 is 10.1 Å². The van der Waals surface area contributed by atoms with E-state index in [4.69, 9.17) is 4.74 Å². The zero-order valence-electron chi connectivity index (χ0n) is 12.0. The summed E-state index contributed by atoms with van der Waals surface area (Å²) in [7, 11) is 3.80. The number of hydrogen-bond donors (Lipinski definition) is 1. The molecule has 0 atom stereocenters. The first-order valence-electron chi connectivity index (χ1n) is 6.42. The average molecular weight is 230 g/mol. The highest BCUT2D eigenvalue weighted by Crippen LogP contribution is 2.13. The van der Waals surface area contributed by atoms with Crippen molar-refractivity contribution in [3.8, 4) is 0 Å². The van der Waals surface area contributed by atoms with Crippen LogP contribution >= 0.6 is 0 Å². The number of likely N-dealkylation sites (N-methyl/N-ethyl adjacent to an activating group) is 1. The van der Waals surface area contributed by atoms with Gasteiger partial charge in [-0.25, -0.2) is 0 Å². The van der Waals surface area contributed by atoms with Gasteiger partial charge in [-0.05, 0) is 33.7 Å². The second-order valence-electron chi connectivity index (χ2n) is 5.07. The summed E-state index contributed by atoms with van der Waals surface area (Å²) in [5, 5.41) is 3.37. The van der Waals surface area contributed by atoms with Gasteiger partial charge in [-0.1, -0.05) is 13.8 Å². The Morgan fingerprint density at radius 2 is 1.81 bits per heavy atom. The summed E-state index contributed by atoms with van der Waals surface area (Å²) < 4.78 is 5.20. The Morgan fingerprint density at radius 1 is 1.25 bits per heavy atom. The number of rotatable bonds is 9. The second-order valence-corrected chi connectivity index (χ2v) is 5.07. The Hall–Kier alpha value is -0.120. The molecule has 0 saturated heterocycles. The lowest BCUT2D eigenvalue weighted by Gasteiger charge is -2.37. The molecule has 3 nitrogen and oxygen atoms in total. The van der Waals surface area contributed by atoms with Gasteiger partial charge >= 0.3 is 0 Å². The summed E-state index contributed by atoms with van der Waals surface area (Å²) in [5.41, 5.74) is 0.163. The largest absolute Gasteiger partial charge is 0.383 e. The first-order valence-corrected chi connectivity index (χ1v) is 6.42. The molecule has 0 radical (unpaired) electrons. The van der Waals surface area contributed by atoms with Gasteiger partial charge in [-0.3, -0.25) is 4.90 Å². The van der Waals surface area contributed by atoms with E-state index in [1.165, 1.54) is 12.8 Å². The van der Waals surface area contributed by atoms with Crippen LogP contribution in [0.1, 0.15) is 40.5 Å². The molecule has 0 rings (SSSR count). The maximum Gasteiger partial charge on any atom is 0.0589 e. The molecule has 16 heavy (non-hydrogen) atoms. The summed E-state index contributed by atoms with van der Waals surface area (Å²) >= 11 is 0. The third-order valence-electron chi connectivity index (χ3n) is 3.32. The minimum atomic E-state index is 0.163. The lowest BCUT2D eigenvalue weighted by atomic mass is 10.0. The summed E-state index contributed by atoms with van der Waals surface area (Å²) in [5.74, 6) is 0. The third-order valence-corrected chi connectivity index (χ3v) is 3.32. The zero-order chi connectivity index (χ0) is 12.6. The van der Waals surface area contributed by atoms with Crippen molar-refractivity contribution in [1.82, 2.24) is 10.2 Å². The summed E-state index contributed by atoms with van der Waals surface area (Å²) in [6.07, 6.45) is 2.42. The fourth-order valence-corrected chi connectivity index (χ4v) is 1.99. The van der Waals surface area contributed by atoms with Gasteiger partial charge in [0.2, 0.25) is 0 Å². The second kappa shape index (κ2) is 8.04. The summed E-state index contributed by atoms with van der Waals surface area (Å²) in [6, 6.07) is 0.669. The highest BCUT2D eigenvalue weighted by atomic mass is 16.5. The maximum atomic E-state index is 5.20. The lowest BCUT2D eigenvalue weighted by Crippen LogP contribution is -2.51. The van der Waals surface area contributed by atoms with E-state index in [9.17, 15) is 0 Å². The molecule has 0 saturated carbocycles. The van der Waals surface area contributed by atoms with Crippen molar-refractivity contribution in [2.24, 2.45) is 0 Å². The van der Waals surface area contributed by atoms with E-state index in [2.05, 4.69) is 37.9 Å². The first-order chi connectivity index (χ1) is 7.50. The van der Waals surface area contributed by atoms with Gasteiger partial charge in [0.1, 0.15) is 0 Å². The van der Waals surface area contributed by atoms with E-state index < -0.39 is 0 Å². The lowest BCUT2D eigenvalue weighted by molar-refractivity contribution is 0.0945. The van der Waals surface area contributed by atoms with Crippen LogP contribution in [0, 0.1) is 0 Å². The van der Waals surface area contributed by atoms with Crippen LogP contribution in [0.25, 0.3) is 0 Å². The van der Waals surface area contributed by atoms with E-state index >= 15 is 0 Å². The van der Waals surface area contributed by atoms with Crippen molar-refractivity contribution in [2.75, 3.05) is 33.9 Å². The quantitative estimate of drug-likeness (QED) is 0.656. The Bertz CT molecular complexity index is 167. The van der Waals surface area contributed by atoms with Gasteiger partial charge in [0.25, 0.3) is 0 Å². The molecule has 0 fully saturated rings. The Kier molecular flexibility index (Phi) is 7.98. The SMILES string of the molecule is CCC(CC)N(CCOC)CC(C)(C)NC. The molecule has 1 N–H and O–H groups in total. The number of ether oxygens (including phenoxy) is 1. The number of nitrogens with zero attached hydrogens (tertiary/aromatic N) is 1. The molecule has 0 amide bonds. The molecule has 0 heterocycles. The molecule has 0 aliphatic heterocycles. The fraction of sp³-hybridized carbons (Fsp3) is 1.00. The molecular formula is C13H30N2O. The van der Waals surface area contributed by atoms with Gasteiger partial charge in [-0.2, -0.15) is 0 Å². The predicted molar refractivity (Wildman–Crippen MR) is 71.0 cm³/mol. The molecule has 0 aromatic rings. The van der Waals surface area contributed by atoms with Crippen LogP contribution in [0.4, 0.5) is 0 Å². The minimum Gasteiger partial charge on any atom is -0.383 e. The van der Waals surface area contributed by atoms with Gasteiger partial charge in [0, 0.05) is 31.8 Å². The van der Waals surface area contributed by atoms with Crippen LogP contribution in [0.2, 0.25) is 0 Å². The zero-order valence-corrected chi connectivity index (χ0v) is 12.0. The summed E-state index contributed by atoms with van der Waals surface area (Å²) in [6.45, 7) is 11.9. The Labute approximate surface area is 102 Å². The Morgan fingerprint density at radius 3 is 2.19 bits per heavy atom. The number of methoxy groups -OCH3 is 1. The highest BCUT2D eigenvalue weighted by molar-refractivity contribution is 4.83.